The number of rotatable bonds is 1. The van der Waals surface area contributed by atoms with Crippen LogP contribution in [0, 0.1) is 0 Å². The fourth-order valence-electron chi connectivity index (χ4n) is 2.53. The molecule has 2 heteroatoms. The summed E-state index contributed by atoms with van der Waals surface area (Å²) in [6.07, 6.45) is 7.87. The van der Waals surface area contributed by atoms with Crippen molar-refractivity contribution >= 4 is 17.2 Å². The first-order valence-electron chi connectivity index (χ1n) is 5.95. The van der Waals surface area contributed by atoms with Crippen LogP contribution in [0.25, 0.3) is 5.57 Å². The third-order valence-electron chi connectivity index (χ3n) is 3.39. The van der Waals surface area contributed by atoms with Crippen LogP contribution in [0.4, 0.5) is 5.69 Å². The number of hydrogen-bond acceptors (Lipinski definition) is 1. The monoisotopic (exact) mass is 213 g/mol. The minimum absolute atomic E-state index is 0.116. The van der Waals surface area contributed by atoms with E-state index in [2.05, 4.69) is 23.5 Å². The zero-order valence-electron chi connectivity index (χ0n) is 9.25. The molecule has 1 aromatic rings. The molecule has 1 aliphatic heterocycles. The first-order valence-corrected chi connectivity index (χ1v) is 5.95. The van der Waals surface area contributed by atoms with Gasteiger partial charge >= 0.3 is 0 Å². The predicted molar refractivity (Wildman–Crippen MR) is 65.2 cm³/mol. The maximum absolute atomic E-state index is 11.3. The number of carbonyl (C=O) groups is 1. The summed E-state index contributed by atoms with van der Waals surface area (Å²) < 4.78 is 0. The molecule has 0 aromatic heterocycles. The van der Waals surface area contributed by atoms with Crippen LogP contribution in [0.5, 0.6) is 0 Å². The Labute approximate surface area is 95.4 Å². The van der Waals surface area contributed by atoms with Crippen LogP contribution in [0.2, 0.25) is 0 Å². The smallest absolute Gasteiger partial charge is 0.228 e. The molecule has 0 atom stereocenters. The summed E-state index contributed by atoms with van der Waals surface area (Å²) in [4.78, 5) is 11.3. The minimum atomic E-state index is 0.116. The fraction of sp³-hybridized carbons (Fsp3) is 0.357. The maximum Gasteiger partial charge on any atom is 0.228 e. The van der Waals surface area contributed by atoms with Gasteiger partial charge in [-0.25, -0.2) is 0 Å². The van der Waals surface area contributed by atoms with E-state index >= 15 is 0 Å². The average Bonchev–Trinajstić information content (AvgIpc) is 2.69. The van der Waals surface area contributed by atoms with Gasteiger partial charge in [-0.15, -0.1) is 0 Å². The maximum atomic E-state index is 11.3. The van der Waals surface area contributed by atoms with Crippen LogP contribution in [0.1, 0.15) is 36.8 Å². The third-order valence-corrected chi connectivity index (χ3v) is 3.39. The molecule has 82 valence electrons. The Morgan fingerprint density at radius 1 is 1.19 bits per heavy atom. The number of nitrogens with one attached hydrogen (secondary N) is 1. The zero-order valence-corrected chi connectivity index (χ0v) is 9.25. The Hall–Kier alpha value is -1.57. The number of allylic oxidation sites excluding steroid dienone is 2. The SMILES string of the molecule is O=C1Cc2cc(C3=CCCCC3)ccc2N1. The molecule has 1 heterocycles. The molecule has 0 radical (unpaired) electrons. The minimum Gasteiger partial charge on any atom is -0.326 e. The quantitative estimate of drug-likeness (QED) is 0.763. The van der Waals surface area contributed by atoms with E-state index in [-0.39, 0.29) is 5.91 Å². The number of amides is 1. The van der Waals surface area contributed by atoms with Gasteiger partial charge in [0.15, 0.2) is 0 Å². The normalized spacial score (nSPS) is 19.0. The molecule has 16 heavy (non-hydrogen) atoms. The highest BCUT2D eigenvalue weighted by atomic mass is 16.1. The number of benzene rings is 1. The van der Waals surface area contributed by atoms with Crippen LogP contribution in [0.15, 0.2) is 24.3 Å². The van der Waals surface area contributed by atoms with Crippen molar-refractivity contribution in [1.82, 2.24) is 0 Å². The third kappa shape index (κ3) is 1.64. The van der Waals surface area contributed by atoms with Crippen molar-refractivity contribution in [2.75, 3.05) is 5.32 Å². The van der Waals surface area contributed by atoms with Crippen LogP contribution in [-0.4, -0.2) is 5.91 Å². The van der Waals surface area contributed by atoms with E-state index in [0.717, 1.165) is 11.3 Å². The molecule has 1 aliphatic carbocycles. The number of carbonyl (C=O) groups excluding carboxylic acids is 1. The average molecular weight is 213 g/mol. The van der Waals surface area contributed by atoms with Crippen molar-refractivity contribution in [1.29, 1.82) is 0 Å². The van der Waals surface area contributed by atoms with E-state index in [1.54, 1.807) is 0 Å². The molecule has 0 fully saturated rings. The highest BCUT2D eigenvalue weighted by Gasteiger charge is 2.18. The van der Waals surface area contributed by atoms with Gasteiger partial charge < -0.3 is 5.32 Å². The van der Waals surface area contributed by atoms with Gasteiger partial charge in [-0.05, 0) is 54.5 Å². The van der Waals surface area contributed by atoms with Gasteiger partial charge in [-0.2, -0.15) is 0 Å². The van der Waals surface area contributed by atoms with E-state index in [4.69, 9.17) is 0 Å². The second-order valence-electron chi connectivity index (χ2n) is 4.57. The van der Waals surface area contributed by atoms with Crippen molar-refractivity contribution in [3.63, 3.8) is 0 Å². The molecule has 0 spiro atoms. The summed E-state index contributed by atoms with van der Waals surface area (Å²) in [6.45, 7) is 0. The van der Waals surface area contributed by atoms with Gasteiger partial charge in [0.25, 0.3) is 0 Å². The van der Waals surface area contributed by atoms with E-state index in [0.29, 0.717) is 6.42 Å². The summed E-state index contributed by atoms with van der Waals surface area (Å²) in [7, 11) is 0. The lowest BCUT2D eigenvalue weighted by Crippen LogP contribution is -2.03. The zero-order chi connectivity index (χ0) is 11.0. The Morgan fingerprint density at radius 2 is 2.12 bits per heavy atom. The predicted octanol–water partition coefficient (Wildman–Crippen LogP) is 3.14. The van der Waals surface area contributed by atoms with Crippen LogP contribution in [0.3, 0.4) is 0 Å². The van der Waals surface area contributed by atoms with Crippen molar-refractivity contribution in [3.05, 3.63) is 35.4 Å². The molecule has 3 rings (SSSR count). The molecular weight excluding hydrogens is 198 g/mol. The summed E-state index contributed by atoms with van der Waals surface area (Å²) >= 11 is 0. The van der Waals surface area contributed by atoms with Crippen molar-refractivity contribution < 1.29 is 4.79 Å². The molecule has 1 amide bonds. The van der Waals surface area contributed by atoms with Gasteiger partial charge in [0, 0.05) is 5.69 Å². The van der Waals surface area contributed by atoms with Crippen LogP contribution >= 0.6 is 0 Å². The van der Waals surface area contributed by atoms with Crippen LogP contribution < -0.4 is 5.32 Å². The van der Waals surface area contributed by atoms with Gasteiger partial charge in [0.1, 0.15) is 0 Å². The van der Waals surface area contributed by atoms with E-state index < -0.39 is 0 Å². The van der Waals surface area contributed by atoms with E-state index in [9.17, 15) is 4.79 Å². The highest BCUT2D eigenvalue weighted by molar-refractivity contribution is 5.99. The summed E-state index contributed by atoms with van der Waals surface area (Å²) in [5, 5.41) is 2.87. The first kappa shape index (κ1) is 9.64. The summed E-state index contributed by atoms with van der Waals surface area (Å²) in [5.41, 5.74) is 4.89. The summed E-state index contributed by atoms with van der Waals surface area (Å²) in [5.74, 6) is 0.116. The van der Waals surface area contributed by atoms with Crippen LogP contribution in [-0.2, 0) is 11.2 Å². The lowest BCUT2D eigenvalue weighted by atomic mass is 9.92. The van der Waals surface area contributed by atoms with E-state index in [1.165, 1.54) is 36.8 Å². The van der Waals surface area contributed by atoms with Gasteiger partial charge in [-0.1, -0.05) is 12.1 Å². The number of fused-ring (bicyclic) bond motifs is 1. The van der Waals surface area contributed by atoms with Crippen molar-refractivity contribution in [3.8, 4) is 0 Å². The Bertz CT molecular complexity index is 474. The molecule has 0 saturated heterocycles. The Morgan fingerprint density at radius 3 is 2.94 bits per heavy atom. The summed E-state index contributed by atoms with van der Waals surface area (Å²) in [6, 6.07) is 6.33. The van der Waals surface area contributed by atoms with E-state index in [1.807, 2.05) is 6.07 Å². The van der Waals surface area contributed by atoms with Crippen molar-refractivity contribution in [2.24, 2.45) is 0 Å². The Kier molecular flexibility index (Phi) is 2.28. The largest absolute Gasteiger partial charge is 0.326 e. The molecule has 1 N–H and O–H groups in total. The molecule has 0 unspecified atom stereocenters. The molecule has 0 saturated carbocycles. The number of hydrogen-bond donors (Lipinski definition) is 1. The number of anilines is 1. The molecule has 0 bridgehead atoms. The van der Waals surface area contributed by atoms with Gasteiger partial charge in [0.05, 0.1) is 6.42 Å². The second kappa shape index (κ2) is 3.78. The molecular formula is C14H15NO. The first-order chi connectivity index (χ1) is 7.83. The lowest BCUT2D eigenvalue weighted by Gasteiger charge is -2.13. The van der Waals surface area contributed by atoms with Crippen molar-refractivity contribution in [2.45, 2.75) is 32.1 Å². The molecule has 2 aliphatic rings. The topological polar surface area (TPSA) is 29.1 Å². The molecule has 2 nitrogen and oxygen atoms in total. The molecule has 1 aromatic carbocycles. The lowest BCUT2D eigenvalue weighted by molar-refractivity contribution is -0.115. The van der Waals surface area contributed by atoms with Gasteiger partial charge in [-0.3, -0.25) is 4.79 Å². The van der Waals surface area contributed by atoms with Gasteiger partial charge in [0.2, 0.25) is 5.91 Å². The highest BCUT2D eigenvalue weighted by Crippen LogP contribution is 2.31. The Balaban J connectivity index is 1.95. The second-order valence-corrected chi connectivity index (χ2v) is 4.57. The standard InChI is InChI=1S/C14H15NO/c16-14-9-12-8-11(6-7-13(12)15-14)10-4-2-1-3-5-10/h4,6-8H,1-3,5,9H2,(H,15,16). The fourth-order valence-corrected chi connectivity index (χ4v) is 2.53.